The Labute approximate surface area is 187 Å². The molecule has 2 spiro atoms. The van der Waals surface area contributed by atoms with E-state index >= 15 is 0 Å². The monoisotopic (exact) mass is 430 g/mol. The number of aldehydes is 1. The minimum atomic E-state index is -0.494. The first-order chi connectivity index (χ1) is 14.5. The van der Waals surface area contributed by atoms with E-state index in [2.05, 4.69) is 34.6 Å². The average Bonchev–Trinajstić information content (AvgIpc) is 3.36. The van der Waals surface area contributed by atoms with E-state index in [1.165, 1.54) is 19.3 Å². The Kier molecular flexibility index (Phi) is 4.06. The van der Waals surface area contributed by atoms with Crippen LogP contribution in [0.3, 0.4) is 0 Å². The Balaban J connectivity index is 1.41. The SMILES string of the molecule is C[C@@H]1C[C@H](C=O)OC2C1[C@@]1(C)CC[C@@]34C[C@@]35CC[C@H](O)C(C)(C)[C@@H]5CC[C@H]4[C@]1(C)[C@H]2O. The van der Waals surface area contributed by atoms with Gasteiger partial charge in [-0.25, -0.2) is 0 Å². The van der Waals surface area contributed by atoms with Crippen LogP contribution in [0.25, 0.3) is 0 Å². The van der Waals surface area contributed by atoms with Gasteiger partial charge in [0.1, 0.15) is 12.4 Å². The second-order valence-corrected chi connectivity index (χ2v) is 13.7. The summed E-state index contributed by atoms with van der Waals surface area (Å²) in [6, 6.07) is 0. The van der Waals surface area contributed by atoms with Crippen LogP contribution in [-0.4, -0.2) is 40.9 Å². The molecule has 5 aliphatic carbocycles. The van der Waals surface area contributed by atoms with Crippen LogP contribution >= 0.6 is 0 Å². The highest BCUT2D eigenvalue weighted by atomic mass is 16.5. The number of carbonyl (C=O) groups excluding carboxylic acids is 1. The number of carbonyl (C=O) groups is 1. The summed E-state index contributed by atoms with van der Waals surface area (Å²) in [6.07, 6.45) is 8.65. The lowest BCUT2D eigenvalue weighted by atomic mass is 9.41. The number of hydrogen-bond donors (Lipinski definition) is 2. The molecule has 0 aromatic rings. The fourth-order valence-corrected chi connectivity index (χ4v) is 11.4. The maximum absolute atomic E-state index is 11.9. The molecule has 0 bridgehead atoms. The summed E-state index contributed by atoms with van der Waals surface area (Å²) in [4.78, 5) is 11.6. The smallest absolute Gasteiger partial charge is 0.148 e. The van der Waals surface area contributed by atoms with Gasteiger partial charge in [-0.15, -0.1) is 0 Å². The molecular formula is C27H42O4. The quantitative estimate of drug-likeness (QED) is 0.607. The molecule has 1 aliphatic heterocycles. The van der Waals surface area contributed by atoms with E-state index in [9.17, 15) is 15.0 Å². The van der Waals surface area contributed by atoms with Gasteiger partial charge >= 0.3 is 0 Å². The van der Waals surface area contributed by atoms with Crippen LogP contribution in [0.4, 0.5) is 0 Å². The molecule has 6 aliphatic rings. The summed E-state index contributed by atoms with van der Waals surface area (Å²) in [5.74, 6) is 1.85. The van der Waals surface area contributed by atoms with E-state index in [0.717, 1.165) is 38.4 Å². The third-order valence-corrected chi connectivity index (χ3v) is 13.0. The Morgan fingerprint density at radius 3 is 2.32 bits per heavy atom. The highest BCUT2D eigenvalue weighted by molar-refractivity contribution is 5.56. The number of ether oxygens (including phenoxy) is 1. The molecule has 1 heterocycles. The fourth-order valence-electron chi connectivity index (χ4n) is 11.4. The van der Waals surface area contributed by atoms with Crippen molar-refractivity contribution in [3.63, 3.8) is 0 Å². The zero-order valence-corrected chi connectivity index (χ0v) is 20.1. The van der Waals surface area contributed by atoms with Crippen LogP contribution in [0.1, 0.15) is 86.0 Å². The highest BCUT2D eigenvalue weighted by Gasteiger charge is 2.84. The van der Waals surface area contributed by atoms with Gasteiger partial charge in [0, 0.05) is 5.41 Å². The summed E-state index contributed by atoms with van der Waals surface area (Å²) in [5.41, 5.74) is 0.588. The van der Waals surface area contributed by atoms with Crippen LogP contribution in [0, 0.1) is 50.7 Å². The van der Waals surface area contributed by atoms with E-state index in [4.69, 9.17) is 4.74 Å². The Hall–Kier alpha value is -0.450. The van der Waals surface area contributed by atoms with E-state index in [0.29, 0.717) is 34.5 Å². The molecule has 0 radical (unpaired) electrons. The minimum absolute atomic E-state index is 0.00847. The number of aliphatic hydroxyl groups is 2. The summed E-state index contributed by atoms with van der Waals surface area (Å²) < 4.78 is 6.29. The van der Waals surface area contributed by atoms with Gasteiger partial charge in [-0.1, -0.05) is 34.6 Å². The number of aliphatic hydroxyl groups excluding tert-OH is 2. The average molecular weight is 431 g/mol. The van der Waals surface area contributed by atoms with Crippen molar-refractivity contribution in [3.8, 4) is 0 Å². The number of fused-ring (bicyclic) bond motifs is 4. The molecule has 174 valence electrons. The maximum atomic E-state index is 11.9. The van der Waals surface area contributed by atoms with Crippen LogP contribution in [0.15, 0.2) is 0 Å². The third-order valence-electron chi connectivity index (χ3n) is 13.0. The Morgan fingerprint density at radius 2 is 1.61 bits per heavy atom. The van der Waals surface area contributed by atoms with Crippen molar-refractivity contribution < 1.29 is 19.7 Å². The fraction of sp³-hybridized carbons (Fsp3) is 0.963. The van der Waals surface area contributed by atoms with Crippen molar-refractivity contribution in [1.82, 2.24) is 0 Å². The van der Waals surface area contributed by atoms with Crippen molar-refractivity contribution >= 4 is 6.29 Å². The van der Waals surface area contributed by atoms with Gasteiger partial charge in [-0.3, -0.25) is 0 Å². The molecule has 5 saturated carbocycles. The molecule has 6 rings (SSSR count). The Morgan fingerprint density at radius 1 is 0.935 bits per heavy atom. The summed E-state index contributed by atoms with van der Waals surface area (Å²) >= 11 is 0. The van der Waals surface area contributed by atoms with Gasteiger partial charge in [0.25, 0.3) is 0 Å². The first-order valence-corrected chi connectivity index (χ1v) is 13.0. The largest absolute Gasteiger partial charge is 0.393 e. The van der Waals surface area contributed by atoms with Crippen molar-refractivity contribution in [2.75, 3.05) is 0 Å². The molecular weight excluding hydrogens is 388 g/mol. The van der Waals surface area contributed by atoms with Crippen molar-refractivity contribution in [2.45, 2.75) is 110 Å². The molecule has 2 N–H and O–H groups in total. The molecule has 4 heteroatoms. The molecule has 0 aromatic heterocycles. The van der Waals surface area contributed by atoms with Gasteiger partial charge in [0.15, 0.2) is 0 Å². The zero-order valence-electron chi connectivity index (χ0n) is 20.1. The standard InChI is InChI=1S/C27H42O4/c1-15-12-16(13-28)31-21-20(15)24(4)10-11-27-14-26(27)9-8-19(29)23(2,3)17(26)6-7-18(27)25(24,5)22(21)30/h13,15-22,29-30H,6-12,14H2,1-5H3/t15-,16-,17+,18+,19+,20?,21?,22+,24-,25-,26-,27+/m1/s1. The van der Waals surface area contributed by atoms with Gasteiger partial charge in [-0.2, -0.15) is 0 Å². The van der Waals surface area contributed by atoms with Crippen LogP contribution in [0.2, 0.25) is 0 Å². The van der Waals surface area contributed by atoms with Gasteiger partial charge in [0.05, 0.1) is 18.3 Å². The minimum Gasteiger partial charge on any atom is -0.393 e. The molecule has 4 nitrogen and oxygen atoms in total. The second kappa shape index (κ2) is 5.96. The molecule has 0 aromatic carbocycles. The van der Waals surface area contributed by atoms with E-state index < -0.39 is 6.10 Å². The highest BCUT2D eigenvalue weighted by Crippen LogP contribution is 2.89. The normalized spacial score (nSPS) is 63.7. The summed E-state index contributed by atoms with van der Waals surface area (Å²) in [7, 11) is 0. The molecule has 2 unspecified atom stereocenters. The topological polar surface area (TPSA) is 66.8 Å². The predicted octanol–water partition coefficient (Wildman–Crippen LogP) is 4.36. The molecule has 0 amide bonds. The maximum Gasteiger partial charge on any atom is 0.148 e. The molecule has 6 fully saturated rings. The van der Waals surface area contributed by atoms with Crippen LogP contribution < -0.4 is 0 Å². The van der Waals surface area contributed by atoms with E-state index in [-0.39, 0.29) is 34.6 Å². The Bertz CT molecular complexity index is 809. The van der Waals surface area contributed by atoms with Crippen molar-refractivity contribution in [2.24, 2.45) is 50.7 Å². The van der Waals surface area contributed by atoms with Crippen LogP contribution in [0.5, 0.6) is 0 Å². The molecule has 31 heavy (non-hydrogen) atoms. The summed E-state index contributed by atoms with van der Waals surface area (Å²) in [6.45, 7) is 11.7. The van der Waals surface area contributed by atoms with Crippen molar-refractivity contribution in [1.29, 1.82) is 0 Å². The summed E-state index contributed by atoms with van der Waals surface area (Å²) in [5, 5.41) is 22.7. The number of rotatable bonds is 1. The lowest BCUT2D eigenvalue weighted by molar-refractivity contribution is -0.182. The van der Waals surface area contributed by atoms with Gasteiger partial charge < -0.3 is 19.7 Å². The van der Waals surface area contributed by atoms with E-state index in [1.54, 1.807) is 0 Å². The van der Waals surface area contributed by atoms with Gasteiger partial charge in [-0.05, 0) is 96.7 Å². The first kappa shape index (κ1) is 21.1. The lowest BCUT2D eigenvalue weighted by Gasteiger charge is -2.63. The van der Waals surface area contributed by atoms with Crippen molar-refractivity contribution in [3.05, 3.63) is 0 Å². The third kappa shape index (κ3) is 2.09. The number of hydrogen-bond acceptors (Lipinski definition) is 4. The lowest BCUT2D eigenvalue weighted by Crippen LogP contribution is -2.59. The zero-order chi connectivity index (χ0) is 22.2. The van der Waals surface area contributed by atoms with Gasteiger partial charge in [0.2, 0.25) is 0 Å². The second-order valence-electron chi connectivity index (χ2n) is 13.7. The molecule has 1 saturated heterocycles. The first-order valence-electron chi connectivity index (χ1n) is 13.0. The predicted molar refractivity (Wildman–Crippen MR) is 118 cm³/mol. The van der Waals surface area contributed by atoms with E-state index in [1.807, 2.05) is 0 Å². The molecule has 12 atom stereocenters. The van der Waals surface area contributed by atoms with Crippen LogP contribution in [-0.2, 0) is 9.53 Å².